The molecule has 0 unspecified atom stereocenters. The summed E-state index contributed by atoms with van der Waals surface area (Å²) in [6, 6.07) is 7.74. The Kier molecular flexibility index (Phi) is 3.41. The highest BCUT2D eigenvalue weighted by atomic mass is 16.6. The third-order valence-corrected chi connectivity index (χ3v) is 2.58. The Morgan fingerprint density at radius 2 is 1.94 bits per heavy atom. The summed E-state index contributed by atoms with van der Waals surface area (Å²) >= 11 is 0. The number of hydrogen-bond acceptors (Lipinski definition) is 3. The monoisotopic (exact) mass is 233 g/mol. The maximum Gasteiger partial charge on any atom is 0.332 e. The van der Waals surface area contributed by atoms with Crippen LogP contribution >= 0.6 is 0 Å². The van der Waals surface area contributed by atoms with Gasteiger partial charge in [0, 0.05) is 26.0 Å². The lowest BCUT2D eigenvalue weighted by Crippen LogP contribution is -2.20. The van der Waals surface area contributed by atoms with E-state index in [-0.39, 0.29) is 5.69 Å². The van der Waals surface area contributed by atoms with Crippen LogP contribution in [-0.4, -0.2) is 16.2 Å². The molecule has 0 saturated carbocycles. The summed E-state index contributed by atoms with van der Waals surface area (Å²) < 4.78 is 3.15. The second-order valence-corrected chi connectivity index (χ2v) is 3.75. The van der Waals surface area contributed by atoms with Crippen LogP contribution in [0.15, 0.2) is 41.5 Å². The van der Waals surface area contributed by atoms with Crippen molar-refractivity contribution in [3.05, 3.63) is 52.7 Å². The van der Waals surface area contributed by atoms with Gasteiger partial charge in [-0.15, -0.1) is 0 Å². The van der Waals surface area contributed by atoms with Crippen molar-refractivity contribution in [2.24, 2.45) is 7.05 Å². The first kappa shape index (κ1) is 11.6. The molecule has 5 nitrogen and oxygen atoms in total. The van der Waals surface area contributed by atoms with E-state index >= 15 is 0 Å². The van der Waals surface area contributed by atoms with Crippen LogP contribution in [0.5, 0.6) is 0 Å². The summed E-state index contributed by atoms with van der Waals surface area (Å²) in [5, 5.41) is 0. The van der Waals surface area contributed by atoms with Gasteiger partial charge in [-0.25, -0.2) is 4.79 Å². The van der Waals surface area contributed by atoms with E-state index in [1.165, 1.54) is 0 Å². The van der Waals surface area contributed by atoms with Gasteiger partial charge in [-0.05, 0) is 17.7 Å². The Bertz CT molecular complexity index is 540. The van der Waals surface area contributed by atoms with Crippen molar-refractivity contribution in [1.82, 2.24) is 14.6 Å². The highest BCUT2D eigenvalue weighted by Crippen LogP contribution is 2.07. The van der Waals surface area contributed by atoms with Crippen molar-refractivity contribution in [1.29, 1.82) is 0 Å². The van der Waals surface area contributed by atoms with Crippen LogP contribution in [0.3, 0.4) is 0 Å². The summed E-state index contributed by atoms with van der Waals surface area (Å²) in [5.41, 5.74) is 4.67. The number of nitrogens with one attached hydrogen (secondary N) is 1. The molecule has 0 radical (unpaired) electrons. The van der Waals surface area contributed by atoms with Crippen LogP contribution in [0.25, 0.3) is 5.69 Å². The van der Waals surface area contributed by atoms with E-state index in [1.807, 2.05) is 24.3 Å². The zero-order valence-corrected chi connectivity index (χ0v) is 9.88. The Morgan fingerprint density at radius 1 is 1.24 bits per heavy atom. The maximum atomic E-state index is 11.7. The number of benzene rings is 1. The van der Waals surface area contributed by atoms with Gasteiger partial charge < -0.3 is 9.40 Å². The molecule has 0 atom stereocenters. The SMILES string of the molecule is CONCc1ccc(-n2ccn(C)c2=O)cc1. The van der Waals surface area contributed by atoms with Crippen molar-refractivity contribution in [2.45, 2.75) is 6.54 Å². The number of rotatable bonds is 4. The van der Waals surface area contributed by atoms with Crippen molar-refractivity contribution in [2.75, 3.05) is 7.11 Å². The van der Waals surface area contributed by atoms with Crippen LogP contribution in [0.4, 0.5) is 0 Å². The first-order valence-corrected chi connectivity index (χ1v) is 5.31. The number of nitrogens with zero attached hydrogens (tertiary/aromatic N) is 2. The first-order valence-electron chi connectivity index (χ1n) is 5.31. The van der Waals surface area contributed by atoms with Gasteiger partial charge in [-0.3, -0.25) is 4.57 Å². The fraction of sp³-hybridized carbons (Fsp3) is 0.250. The Labute approximate surface area is 99.2 Å². The molecule has 0 aliphatic rings. The second-order valence-electron chi connectivity index (χ2n) is 3.75. The molecule has 17 heavy (non-hydrogen) atoms. The Hall–Kier alpha value is -1.85. The fourth-order valence-electron chi connectivity index (χ4n) is 1.59. The Morgan fingerprint density at radius 3 is 2.47 bits per heavy atom. The smallest absolute Gasteiger partial charge is 0.305 e. The summed E-state index contributed by atoms with van der Waals surface area (Å²) in [4.78, 5) is 16.5. The van der Waals surface area contributed by atoms with Gasteiger partial charge in [0.1, 0.15) is 0 Å². The quantitative estimate of drug-likeness (QED) is 0.796. The van der Waals surface area contributed by atoms with Gasteiger partial charge in [0.25, 0.3) is 0 Å². The number of imidazole rings is 1. The standard InChI is InChI=1S/C12H15N3O2/c1-14-7-8-15(12(14)16)11-5-3-10(4-6-11)9-13-17-2/h3-8,13H,9H2,1-2H3. The van der Waals surface area contributed by atoms with Crippen molar-refractivity contribution < 1.29 is 4.84 Å². The lowest BCUT2D eigenvalue weighted by molar-refractivity contribution is 0.0867. The second kappa shape index (κ2) is 4.99. The lowest BCUT2D eigenvalue weighted by Gasteiger charge is -2.04. The Balaban J connectivity index is 2.23. The molecule has 90 valence electrons. The molecule has 0 saturated heterocycles. The van der Waals surface area contributed by atoms with Crippen molar-refractivity contribution >= 4 is 0 Å². The van der Waals surface area contributed by atoms with Gasteiger partial charge in [-0.2, -0.15) is 5.48 Å². The van der Waals surface area contributed by atoms with Crippen LogP contribution in [0.1, 0.15) is 5.56 Å². The first-order chi connectivity index (χ1) is 8.22. The average molecular weight is 233 g/mol. The highest BCUT2D eigenvalue weighted by molar-refractivity contribution is 5.34. The van der Waals surface area contributed by atoms with Crippen LogP contribution in [-0.2, 0) is 18.4 Å². The van der Waals surface area contributed by atoms with Crippen LogP contribution in [0.2, 0.25) is 0 Å². The number of hydroxylamine groups is 1. The summed E-state index contributed by atoms with van der Waals surface area (Å²) in [6.07, 6.45) is 3.49. The van der Waals surface area contributed by atoms with E-state index in [1.54, 1.807) is 35.7 Å². The van der Waals surface area contributed by atoms with E-state index in [0.29, 0.717) is 6.54 Å². The highest BCUT2D eigenvalue weighted by Gasteiger charge is 2.02. The molecule has 0 bridgehead atoms. The number of aryl methyl sites for hydroxylation is 1. The van der Waals surface area contributed by atoms with Crippen LogP contribution in [0, 0.1) is 0 Å². The molecule has 0 aliphatic heterocycles. The third-order valence-electron chi connectivity index (χ3n) is 2.58. The van der Waals surface area contributed by atoms with E-state index in [2.05, 4.69) is 5.48 Å². The molecule has 1 N–H and O–H groups in total. The number of aromatic nitrogens is 2. The minimum atomic E-state index is -0.0484. The molecule has 0 aliphatic carbocycles. The minimum absolute atomic E-state index is 0.0484. The summed E-state index contributed by atoms with van der Waals surface area (Å²) in [5.74, 6) is 0. The van der Waals surface area contributed by atoms with Gasteiger partial charge in [0.05, 0.1) is 12.8 Å². The van der Waals surface area contributed by atoms with Gasteiger partial charge in [0.2, 0.25) is 0 Å². The predicted octanol–water partition coefficient (Wildman–Crippen LogP) is 0.827. The predicted molar refractivity (Wildman–Crippen MR) is 64.9 cm³/mol. The largest absolute Gasteiger partial charge is 0.332 e. The minimum Gasteiger partial charge on any atom is -0.305 e. The molecule has 1 heterocycles. The molecule has 2 aromatic rings. The zero-order chi connectivity index (χ0) is 12.3. The van der Waals surface area contributed by atoms with E-state index in [4.69, 9.17) is 4.84 Å². The third kappa shape index (κ3) is 2.46. The maximum absolute atomic E-state index is 11.7. The van der Waals surface area contributed by atoms with E-state index < -0.39 is 0 Å². The fourth-order valence-corrected chi connectivity index (χ4v) is 1.59. The molecular formula is C12H15N3O2. The molecule has 2 rings (SSSR count). The van der Waals surface area contributed by atoms with Gasteiger partial charge in [-0.1, -0.05) is 12.1 Å². The zero-order valence-electron chi connectivity index (χ0n) is 9.88. The lowest BCUT2D eigenvalue weighted by atomic mass is 10.2. The molecule has 0 amide bonds. The average Bonchev–Trinajstić information content (AvgIpc) is 2.68. The number of hydrogen-bond donors (Lipinski definition) is 1. The van der Waals surface area contributed by atoms with Crippen molar-refractivity contribution in [3.8, 4) is 5.69 Å². The van der Waals surface area contributed by atoms with Gasteiger partial charge in [0.15, 0.2) is 0 Å². The summed E-state index contributed by atoms with van der Waals surface area (Å²) in [6.45, 7) is 0.639. The molecule has 1 aromatic carbocycles. The molecule has 0 spiro atoms. The normalized spacial score (nSPS) is 10.7. The van der Waals surface area contributed by atoms with E-state index in [0.717, 1.165) is 11.3 Å². The summed E-state index contributed by atoms with van der Waals surface area (Å²) in [7, 11) is 3.31. The molecule has 1 aromatic heterocycles. The van der Waals surface area contributed by atoms with Crippen molar-refractivity contribution in [3.63, 3.8) is 0 Å². The van der Waals surface area contributed by atoms with E-state index in [9.17, 15) is 4.79 Å². The van der Waals surface area contributed by atoms with Crippen LogP contribution < -0.4 is 11.2 Å². The molecule has 5 heteroatoms. The van der Waals surface area contributed by atoms with Gasteiger partial charge >= 0.3 is 5.69 Å². The topological polar surface area (TPSA) is 48.2 Å². The molecule has 0 fully saturated rings. The molecular weight excluding hydrogens is 218 g/mol.